The SMILES string of the molecule is O=S(Nc1cc(Cl)cnc1Br)c1cccc(C(F)(F)F)c1. The highest BCUT2D eigenvalue weighted by Gasteiger charge is 2.30. The van der Waals surface area contributed by atoms with E-state index < -0.39 is 22.7 Å². The van der Waals surface area contributed by atoms with Crippen LogP contribution in [0.2, 0.25) is 5.02 Å². The monoisotopic (exact) mass is 398 g/mol. The maximum atomic E-state index is 12.6. The molecular weight excluding hydrogens is 393 g/mol. The van der Waals surface area contributed by atoms with Gasteiger partial charge in [0.15, 0.2) is 0 Å². The van der Waals surface area contributed by atoms with Crippen LogP contribution in [0.4, 0.5) is 18.9 Å². The van der Waals surface area contributed by atoms with Crippen molar-refractivity contribution in [3.8, 4) is 0 Å². The Kier molecular flexibility index (Phi) is 4.90. The summed E-state index contributed by atoms with van der Waals surface area (Å²) in [5.41, 5.74) is -0.545. The Balaban J connectivity index is 2.27. The molecule has 1 aromatic carbocycles. The lowest BCUT2D eigenvalue weighted by Gasteiger charge is -2.10. The molecule has 9 heteroatoms. The normalized spacial score (nSPS) is 13.0. The number of anilines is 1. The number of nitrogens with one attached hydrogen (secondary N) is 1. The molecular formula is C12H7BrClF3N2OS. The van der Waals surface area contributed by atoms with Gasteiger partial charge in [0.1, 0.15) is 15.6 Å². The fourth-order valence-corrected chi connectivity index (χ4v) is 2.96. The van der Waals surface area contributed by atoms with Crippen LogP contribution in [0.3, 0.4) is 0 Å². The zero-order valence-corrected chi connectivity index (χ0v) is 13.3. The van der Waals surface area contributed by atoms with Crippen LogP contribution in [0.1, 0.15) is 5.56 Å². The average molecular weight is 400 g/mol. The molecule has 21 heavy (non-hydrogen) atoms. The molecule has 0 saturated carbocycles. The molecule has 3 nitrogen and oxygen atoms in total. The van der Waals surface area contributed by atoms with Crippen molar-refractivity contribution in [3.63, 3.8) is 0 Å². The molecule has 1 atom stereocenters. The van der Waals surface area contributed by atoms with E-state index in [-0.39, 0.29) is 4.90 Å². The van der Waals surface area contributed by atoms with Crippen molar-refractivity contribution in [3.05, 3.63) is 51.7 Å². The summed E-state index contributed by atoms with van der Waals surface area (Å²) in [6.07, 6.45) is -3.11. The largest absolute Gasteiger partial charge is 0.416 e. The van der Waals surface area contributed by atoms with Gasteiger partial charge in [0.25, 0.3) is 0 Å². The molecule has 0 fully saturated rings. The predicted octanol–water partition coefficient (Wildman–Crippen LogP) is 4.65. The Bertz CT molecular complexity index is 696. The molecule has 0 aliphatic rings. The molecule has 0 aliphatic heterocycles. The number of alkyl halides is 3. The first kappa shape index (κ1) is 16.3. The molecule has 2 rings (SSSR count). The van der Waals surface area contributed by atoms with Gasteiger partial charge in [0, 0.05) is 6.20 Å². The molecule has 1 aromatic heterocycles. The van der Waals surface area contributed by atoms with Crippen LogP contribution in [0, 0.1) is 0 Å². The zero-order chi connectivity index (χ0) is 15.6. The number of halogens is 5. The predicted molar refractivity (Wildman–Crippen MR) is 78.4 cm³/mol. The minimum atomic E-state index is -4.49. The molecule has 0 saturated heterocycles. The molecule has 1 unspecified atom stereocenters. The summed E-state index contributed by atoms with van der Waals surface area (Å²) >= 11 is 8.89. The van der Waals surface area contributed by atoms with Gasteiger partial charge in [-0.3, -0.25) is 4.72 Å². The number of pyridine rings is 1. The average Bonchev–Trinajstić information content (AvgIpc) is 2.42. The van der Waals surface area contributed by atoms with Gasteiger partial charge in [0.2, 0.25) is 0 Å². The number of nitrogens with zero attached hydrogens (tertiary/aromatic N) is 1. The van der Waals surface area contributed by atoms with E-state index >= 15 is 0 Å². The van der Waals surface area contributed by atoms with Crippen LogP contribution in [-0.2, 0) is 17.2 Å². The molecule has 0 radical (unpaired) electrons. The van der Waals surface area contributed by atoms with Crippen molar-refractivity contribution in [1.82, 2.24) is 4.98 Å². The van der Waals surface area contributed by atoms with Crippen LogP contribution in [-0.4, -0.2) is 9.19 Å². The summed E-state index contributed by atoms with van der Waals surface area (Å²) in [5.74, 6) is 0. The van der Waals surface area contributed by atoms with E-state index in [0.717, 1.165) is 12.1 Å². The molecule has 0 spiro atoms. The number of rotatable bonds is 3. The molecule has 1 heterocycles. The zero-order valence-electron chi connectivity index (χ0n) is 10.1. The highest BCUT2D eigenvalue weighted by Crippen LogP contribution is 2.31. The molecule has 0 bridgehead atoms. The molecule has 2 aromatic rings. The van der Waals surface area contributed by atoms with Crippen molar-refractivity contribution in [2.24, 2.45) is 0 Å². The van der Waals surface area contributed by atoms with Crippen molar-refractivity contribution in [1.29, 1.82) is 0 Å². The third kappa shape index (κ3) is 4.18. The lowest BCUT2D eigenvalue weighted by atomic mass is 10.2. The smallest absolute Gasteiger partial charge is 0.298 e. The Morgan fingerprint density at radius 1 is 1.29 bits per heavy atom. The van der Waals surface area contributed by atoms with Gasteiger partial charge >= 0.3 is 6.18 Å². The van der Waals surface area contributed by atoms with E-state index in [4.69, 9.17) is 11.6 Å². The standard InChI is InChI=1S/C12H7BrClF3N2OS/c13-11-10(5-8(14)6-18-11)19-21(20)9-3-1-2-7(4-9)12(15,16)17/h1-6,19H. The number of hydrogen-bond donors (Lipinski definition) is 1. The lowest BCUT2D eigenvalue weighted by Crippen LogP contribution is -2.09. The second kappa shape index (κ2) is 6.33. The molecule has 0 aliphatic carbocycles. The molecule has 0 amide bonds. The summed E-state index contributed by atoms with van der Waals surface area (Å²) in [6.45, 7) is 0. The first-order valence-corrected chi connectivity index (χ1v) is 7.76. The maximum absolute atomic E-state index is 12.6. The fourth-order valence-electron chi connectivity index (χ4n) is 1.44. The summed E-state index contributed by atoms with van der Waals surface area (Å²) in [6, 6.07) is 5.74. The van der Waals surface area contributed by atoms with Gasteiger partial charge in [-0.1, -0.05) is 17.7 Å². The Morgan fingerprint density at radius 3 is 2.67 bits per heavy atom. The first-order chi connectivity index (χ1) is 9.77. The van der Waals surface area contributed by atoms with E-state index in [1.54, 1.807) is 0 Å². The van der Waals surface area contributed by atoms with Gasteiger partial charge in [-0.15, -0.1) is 0 Å². The van der Waals surface area contributed by atoms with Crippen LogP contribution >= 0.6 is 27.5 Å². The minimum Gasteiger partial charge on any atom is -0.298 e. The van der Waals surface area contributed by atoms with E-state index in [2.05, 4.69) is 25.6 Å². The Labute approximate surface area is 134 Å². The van der Waals surface area contributed by atoms with Gasteiger partial charge in [-0.25, -0.2) is 9.19 Å². The third-order valence-electron chi connectivity index (χ3n) is 2.38. The van der Waals surface area contributed by atoms with Crippen LogP contribution < -0.4 is 4.72 Å². The summed E-state index contributed by atoms with van der Waals surface area (Å²) in [7, 11) is -1.88. The van der Waals surface area contributed by atoms with Crippen molar-refractivity contribution in [2.45, 2.75) is 11.1 Å². The molecule has 112 valence electrons. The van der Waals surface area contributed by atoms with Crippen molar-refractivity contribution >= 4 is 44.2 Å². The van der Waals surface area contributed by atoms with Gasteiger partial charge in [-0.2, -0.15) is 13.2 Å². The minimum absolute atomic E-state index is 0.00306. The summed E-state index contributed by atoms with van der Waals surface area (Å²) in [4.78, 5) is 3.89. The highest BCUT2D eigenvalue weighted by molar-refractivity contribution is 9.10. The van der Waals surface area contributed by atoms with Crippen molar-refractivity contribution < 1.29 is 17.4 Å². The van der Waals surface area contributed by atoms with Gasteiger partial charge in [-0.05, 0) is 40.2 Å². The maximum Gasteiger partial charge on any atom is 0.416 e. The second-order valence-corrected chi connectivity index (χ2v) is 6.29. The van der Waals surface area contributed by atoms with Crippen LogP contribution in [0.25, 0.3) is 0 Å². The third-order valence-corrected chi connectivity index (χ3v) is 4.31. The van der Waals surface area contributed by atoms with E-state index in [0.29, 0.717) is 15.3 Å². The van der Waals surface area contributed by atoms with Crippen LogP contribution in [0.15, 0.2) is 46.0 Å². The number of hydrogen-bond acceptors (Lipinski definition) is 2. The first-order valence-electron chi connectivity index (χ1n) is 5.44. The number of benzene rings is 1. The highest BCUT2D eigenvalue weighted by atomic mass is 79.9. The summed E-state index contributed by atoms with van der Waals surface area (Å²) in [5, 5.41) is 0.307. The van der Waals surface area contributed by atoms with Crippen molar-refractivity contribution in [2.75, 3.05) is 4.72 Å². The van der Waals surface area contributed by atoms with E-state index in [9.17, 15) is 17.4 Å². The molecule has 1 N–H and O–H groups in total. The van der Waals surface area contributed by atoms with Gasteiger partial charge in [0.05, 0.1) is 21.2 Å². The fraction of sp³-hybridized carbons (Fsp3) is 0.0833. The van der Waals surface area contributed by atoms with Gasteiger partial charge < -0.3 is 0 Å². The second-order valence-electron chi connectivity index (χ2n) is 3.89. The van der Waals surface area contributed by atoms with E-state index in [1.165, 1.54) is 24.4 Å². The number of aromatic nitrogens is 1. The lowest BCUT2D eigenvalue weighted by molar-refractivity contribution is -0.137. The van der Waals surface area contributed by atoms with Crippen LogP contribution in [0.5, 0.6) is 0 Å². The summed E-state index contributed by atoms with van der Waals surface area (Å²) < 4.78 is 52.9. The van der Waals surface area contributed by atoms with E-state index in [1.807, 2.05) is 0 Å². The Morgan fingerprint density at radius 2 is 2.00 bits per heavy atom. The Hall–Kier alpha value is -1.12. The quantitative estimate of drug-likeness (QED) is 0.763. The topological polar surface area (TPSA) is 42.0 Å².